The number of hydrogen-bond donors (Lipinski definition) is 3. The maximum Gasteiger partial charge on any atom is 0.272 e. The quantitative estimate of drug-likeness (QED) is 0.779. The van der Waals surface area contributed by atoms with Gasteiger partial charge in [0.15, 0.2) is 5.69 Å². The van der Waals surface area contributed by atoms with Crippen molar-refractivity contribution in [1.29, 1.82) is 0 Å². The van der Waals surface area contributed by atoms with Gasteiger partial charge in [-0.25, -0.2) is 5.10 Å². The maximum absolute atomic E-state index is 12.8. The minimum Gasteiger partial charge on any atom is -0.347 e. The van der Waals surface area contributed by atoms with Crippen molar-refractivity contribution in [3.05, 3.63) is 40.3 Å². The molecule has 1 aliphatic heterocycles. The second kappa shape index (κ2) is 5.41. The molecule has 3 atom stereocenters. The number of aromatic amines is 1. The summed E-state index contributed by atoms with van der Waals surface area (Å²) >= 11 is 0. The van der Waals surface area contributed by atoms with E-state index in [4.69, 9.17) is 0 Å². The Morgan fingerprint density at radius 1 is 1.29 bits per heavy atom. The molecule has 3 N–H and O–H groups in total. The molecule has 0 spiro atoms. The van der Waals surface area contributed by atoms with Crippen molar-refractivity contribution < 1.29 is 4.79 Å². The highest BCUT2D eigenvalue weighted by atomic mass is 16.2. The zero-order valence-electron chi connectivity index (χ0n) is 13.9. The van der Waals surface area contributed by atoms with Gasteiger partial charge in [-0.1, -0.05) is 32.0 Å². The van der Waals surface area contributed by atoms with Crippen LogP contribution in [-0.2, 0) is 0 Å². The third kappa shape index (κ3) is 2.17. The molecule has 1 saturated carbocycles. The predicted octanol–water partition coefficient (Wildman–Crippen LogP) is 1.43. The molecule has 0 bridgehead atoms. The normalized spacial score (nSPS) is 28.0. The summed E-state index contributed by atoms with van der Waals surface area (Å²) in [5, 5.41) is 14.3. The van der Waals surface area contributed by atoms with Crippen molar-refractivity contribution in [1.82, 2.24) is 20.8 Å². The summed E-state index contributed by atoms with van der Waals surface area (Å²) in [5.74, 6) is 0.247. The van der Waals surface area contributed by atoms with E-state index in [1.54, 1.807) is 18.2 Å². The van der Waals surface area contributed by atoms with Crippen LogP contribution in [0.1, 0.15) is 37.2 Å². The molecule has 126 valence electrons. The number of carbonyl (C=O) groups excluding carboxylic acids is 1. The van der Waals surface area contributed by atoms with Gasteiger partial charge >= 0.3 is 0 Å². The minimum atomic E-state index is -0.275. The number of aromatic nitrogens is 2. The lowest BCUT2D eigenvalue weighted by Gasteiger charge is -2.60. The van der Waals surface area contributed by atoms with Crippen molar-refractivity contribution in [2.24, 2.45) is 11.3 Å². The molecule has 6 nitrogen and oxygen atoms in total. The maximum atomic E-state index is 12.8. The first-order chi connectivity index (χ1) is 11.5. The summed E-state index contributed by atoms with van der Waals surface area (Å²) in [6.07, 6.45) is 2.27. The Bertz CT molecular complexity index is 857. The lowest BCUT2D eigenvalue weighted by molar-refractivity contribution is -0.0432. The van der Waals surface area contributed by atoms with Gasteiger partial charge < -0.3 is 10.6 Å². The van der Waals surface area contributed by atoms with Crippen LogP contribution in [0.3, 0.4) is 0 Å². The van der Waals surface area contributed by atoms with Crippen LogP contribution in [0.25, 0.3) is 10.8 Å². The molecule has 1 aromatic heterocycles. The average molecular weight is 326 g/mol. The largest absolute Gasteiger partial charge is 0.347 e. The van der Waals surface area contributed by atoms with Crippen molar-refractivity contribution in [3.63, 3.8) is 0 Å². The minimum absolute atomic E-state index is 0.0126. The smallest absolute Gasteiger partial charge is 0.272 e. The van der Waals surface area contributed by atoms with Gasteiger partial charge in [-0.05, 0) is 31.4 Å². The molecule has 1 aliphatic carbocycles. The van der Waals surface area contributed by atoms with Crippen LogP contribution in [0, 0.1) is 11.3 Å². The highest BCUT2D eigenvalue weighted by Gasteiger charge is 2.57. The molecular weight excluding hydrogens is 304 g/mol. The lowest BCUT2D eigenvalue weighted by atomic mass is 9.53. The van der Waals surface area contributed by atoms with Crippen molar-refractivity contribution >= 4 is 16.7 Å². The first kappa shape index (κ1) is 15.3. The number of nitrogens with zero attached hydrogens (tertiary/aromatic N) is 1. The summed E-state index contributed by atoms with van der Waals surface area (Å²) in [7, 11) is 0. The van der Waals surface area contributed by atoms with Gasteiger partial charge in [-0.2, -0.15) is 5.10 Å². The summed E-state index contributed by atoms with van der Waals surface area (Å²) in [4.78, 5) is 24.7. The monoisotopic (exact) mass is 326 g/mol. The summed E-state index contributed by atoms with van der Waals surface area (Å²) in [6.45, 7) is 5.43. The van der Waals surface area contributed by atoms with Crippen molar-refractivity contribution in [2.45, 2.75) is 38.8 Å². The van der Waals surface area contributed by atoms with E-state index in [0.29, 0.717) is 22.7 Å². The lowest BCUT2D eigenvalue weighted by Crippen LogP contribution is -2.73. The van der Waals surface area contributed by atoms with E-state index in [1.807, 2.05) is 6.07 Å². The van der Waals surface area contributed by atoms with E-state index >= 15 is 0 Å². The SMILES string of the molecule is CC1(C)C2NCCCC2C1NC(=O)c1n[nH]c(=O)c2ccccc12. The van der Waals surface area contributed by atoms with Gasteiger partial charge in [0.1, 0.15) is 0 Å². The first-order valence-electron chi connectivity index (χ1n) is 8.52. The molecular formula is C18H22N4O2. The van der Waals surface area contributed by atoms with Gasteiger partial charge in [0.05, 0.1) is 5.39 Å². The number of nitrogens with one attached hydrogen (secondary N) is 3. The van der Waals surface area contributed by atoms with Gasteiger partial charge in [-0.15, -0.1) is 0 Å². The Kier molecular flexibility index (Phi) is 3.46. The number of benzene rings is 1. The molecule has 6 heteroatoms. The van der Waals surface area contributed by atoms with E-state index in [2.05, 4.69) is 34.7 Å². The molecule has 4 rings (SSSR count). The number of H-pyrrole nitrogens is 1. The Hall–Kier alpha value is -2.21. The van der Waals surface area contributed by atoms with E-state index in [1.165, 1.54) is 0 Å². The van der Waals surface area contributed by atoms with Crippen LogP contribution in [0.2, 0.25) is 0 Å². The predicted molar refractivity (Wildman–Crippen MR) is 91.9 cm³/mol. The number of hydrogen-bond acceptors (Lipinski definition) is 4. The molecule has 1 amide bonds. The fourth-order valence-corrected chi connectivity index (χ4v) is 4.50. The van der Waals surface area contributed by atoms with E-state index < -0.39 is 0 Å². The van der Waals surface area contributed by atoms with Crippen LogP contribution >= 0.6 is 0 Å². The highest BCUT2D eigenvalue weighted by Crippen LogP contribution is 2.49. The van der Waals surface area contributed by atoms with Crippen LogP contribution in [-0.4, -0.2) is 34.7 Å². The molecule has 2 aliphatic rings. The van der Waals surface area contributed by atoms with E-state index in [-0.39, 0.29) is 28.6 Å². The highest BCUT2D eigenvalue weighted by molar-refractivity contribution is 6.04. The van der Waals surface area contributed by atoms with Crippen LogP contribution in [0.4, 0.5) is 0 Å². The summed E-state index contributed by atoms with van der Waals surface area (Å²) < 4.78 is 0. The number of fused-ring (bicyclic) bond motifs is 2. The zero-order valence-corrected chi connectivity index (χ0v) is 13.9. The second-order valence-electron chi connectivity index (χ2n) is 7.46. The summed E-state index contributed by atoms with van der Waals surface area (Å²) in [5.41, 5.74) is 0.0227. The first-order valence-corrected chi connectivity index (χ1v) is 8.52. The van der Waals surface area contributed by atoms with Crippen molar-refractivity contribution in [2.75, 3.05) is 6.54 Å². The van der Waals surface area contributed by atoms with E-state index in [0.717, 1.165) is 19.4 Å². The molecule has 0 radical (unpaired) electrons. The Morgan fingerprint density at radius 2 is 2.04 bits per heavy atom. The Labute approximate surface area is 140 Å². The van der Waals surface area contributed by atoms with E-state index in [9.17, 15) is 9.59 Å². The van der Waals surface area contributed by atoms with Crippen LogP contribution in [0.15, 0.2) is 29.1 Å². The van der Waals surface area contributed by atoms with Crippen molar-refractivity contribution in [3.8, 4) is 0 Å². The number of rotatable bonds is 2. The fraction of sp³-hybridized carbons (Fsp3) is 0.500. The zero-order chi connectivity index (χ0) is 16.9. The third-order valence-corrected chi connectivity index (χ3v) is 5.74. The van der Waals surface area contributed by atoms with Gasteiger partial charge in [0.2, 0.25) is 0 Å². The average Bonchev–Trinajstić information content (AvgIpc) is 2.60. The number of piperidine rings is 1. The molecule has 2 heterocycles. The fourth-order valence-electron chi connectivity index (χ4n) is 4.50. The van der Waals surface area contributed by atoms with Gasteiger partial charge in [-0.3, -0.25) is 9.59 Å². The molecule has 2 fully saturated rings. The molecule has 2 aromatic rings. The second-order valence-corrected chi connectivity index (χ2v) is 7.46. The van der Waals surface area contributed by atoms with Gasteiger partial charge in [0, 0.05) is 22.9 Å². The Morgan fingerprint density at radius 3 is 2.83 bits per heavy atom. The third-order valence-electron chi connectivity index (χ3n) is 5.74. The number of carbonyl (C=O) groups is 1. The number of amides is 1. The Balaban J connectivity index is 1.64. The topological polar surface area (TPSA) is 86.9 Å². The van der Waals surface area contributed by atoms with Crippen LogP contribution in [0.5, 0.6) is 0 Å². The van der Waals surface area contributed by atoms with Crippen LogP contribution < -0.4 is 16.2 Å². The molecule has 24 heavy (non-hydrogen) atoms. The summed E-state index contributed by atoms with van der Waals surface area (Å²) in [6, 6.07) is 7.65. The molecule has 3 unspecified atom stereocenters. The molecule has 1 saturated heterocycles. The standard InChI is InChI=1S/C18H22N4O2/c1-18(2)14-12(8-5-9-19-14)15(18)20-17(24)13-10-6-3-4-7-11(10)16(23)22-21-13/h3-4,6-7,12,14-15,19H,5,8-9H2,1-2H3,(H,20,24)(H,22,23). The van der Waals surface area contributed by atoms with Gasteiger partial charge in [0.25, 0.3) is 11.5 Å². The molecule has 1 aromatic carbocycles.